The largest absolute Gasteiger partial charge is 0.593 e. The molecule has 1 aliphatic heterocycles. The van der Waals surface area contributed by atoms with Gasteiger partial charge in [-0.1, -0.05) is 0 Å². The quantitative estimate of drug-likeness (QED) is 0.704. The number of carbonyl (C=O) groups is 2. The van der Waals surface area contributed by atoms with Crippen molar-refractivity contribution < 1.29 is 23.3 Å². The summed E-state index contributed by atoms with van der Waals surface area (Å²) in [4.78, 5) is 41.7. The Morgan fingerprint density at radius 1 is 1.16 bits per heavy atom. The average molecular weight is 450 g/mol. The Balaban J connectivity index is 2.17. The lowest BCUT2D eigenvalue weighted by Crippen LogP contribution is -2.42. The maximum absolute atomic E-state index is 13.0. The number of fused-ring (bicyclic) bond motifs is 1. The number of morpholine rings is 1. The molecule has 0 aliphatic carbocycles. The zero-order valence-corrected chi connectivity index (χ0v) is 19.1. The summed E-state index contributed by atoms with van der Waals surface area (Å²) >= 11 is -1.69. The lowest BCUT2D eigenvalue weighted by molar-refractivity contribution is 0.0827. The van der Waals surface area contributed by atoms with Gasteiger partial charge in [0.1, 0.15) is 4.75 Å². The summed E-state index contributed by atoms with van der Waals surface area (Å²) in [5, 5.41) is 0.108. The zero-order valence-electron chi connectivity index (χ0n) is 18.3. The molecule has 2 heterocycles. The van der Waals surface area contributed by atoms with Crippen molar-refractivity contribution in [3.63, 3.8) is 0 Å². The van der Waals surface area contributed by atoms with Crippen molar-refractivity contribution in [3.05, 3.63) is 39.5 Å². The number of ether oxygens (including phenoxy) is 1. The number of amides is 2. The van der Waals surface area contributed by atoms with E-state index in [-0.39, 0.29) is 33.4 Å². The number of carbonyl (C=O) groups excluding carboxylic acids is 2. The Hall–Kier alpha value is -2.56. The molecule has 1 fully saturated rings. The molecule has 168 valence electrons. The monoisotopic (exact) mass is 449 g/mol. The van der Waals surface area contributed by atoms with E-state index in [1.165, 1.54) is 23.1 Å². The highest BCUT2D eigenvalue weighted by atomic mass is 32.2. The Morgan fingerprint density at radius 3 is 2.39 bits per heavy atom. The molecule has 31 heavy (non-hydrogen) atoms. The molecule has 0 saturated carbocycles. The summed E-state index contributed by atoms with van der Waals surface area (Å²) < 4.78 is 25.6. The van der Waals surface area contributed by atoms with Gasteiger partial charge in [0.05, 0.1) is 35.5 Å². The van der Waals surface area contributed by atoms with Crippen molar-refractivity contribution in [1.82, 2.24) is 9.62 Å². The highest BCUT2D eigenvalue weighted by Crippen LogP contribution is 2.26. The van der Waals surface area contributed by atoms with Crippen LogP contribution in [0.15, 0.2) is 27.4 Å². The Bertz CT molecular complexity index is 1050. The molecule has 2 amide bonds. The van der Waals surface area contributed by atoms with Crippen molar-refractivity contribution in [3.8, 4) is 0 Å². The van der Waals surface area contributed by atoms with E-state index in [0.717, 1.165) is 0 Å². The van der Waals surface area contributed by atoms with Gasteiger partial charge in [0.25, 0.3) is 11.8 Å². The van der Waals surface area contributed by atoms with Gasteiger partial charge >= 0.3 is 0 Å². The number of hydrogen-bond acceptors (Lipinski definition) is 7. The van der Waals surface area contributed by atoms with Gasteiger partial charge in [0.15, 0.2) is 16.9 Å². The van der Waals surface area contributed by atoms with Gasteiger partial charge in [-0.2, -0.15) is 4.72 Å². The molecule has 1 aliphatic rings. The first kappa shape index (κ1) is 23.1. The Morgan fingerprint density at radius 2 is 1.81 bits per heavy atom. The smallest absolute Gasteiger partial charge is 0.295 e. The Kier molecular flexibility index (Phi) is 6.63. The maximum atomic E-state index is 13.0. The van der Waals surface area contributed by atoms with Crippen LogP contribution in [0, 0.1) is 0 Å². The van der Waals surface area contributed by atoms with E-state index >= 15 is 0 Å². The predicted molar refractivity (Wildman–Crippen MR) is 119 cm³/mol. The topological polar surface area (TPSA) is 115 Å². The predicted octanol–water partition coefficient (Wildman–Crippen LogP) is 1.52. The minimum absolute atomic E-state index is 0.0208. The van der Waals surface area contributed by atoms with Crippen molar-refractivity contribution in [1.29, 1.82) is 0 Å². The van der Waals surface area contributed by atoms with E-state index in [0.29, 0.717) is 32.2 Å². The van der Waals surface area contributed by atoms with Gasteiger partial charge in [-0.15, -0.1) is 0 Å². The van der Waals surface area contributed by atoms with E-state index < -0.39 is 22.0 Å². The third kappa shape index (κ3) is 5.03. The number of nitrogens with zero attached hydrogens (tertiary/aromatic N) is 2. The molecule has 10 heteroatoms. The molecule has 1 aromatic carbocycles. The first-order valence-electron chi connectivity index (χ1n) is 9.88. The first-order chi connectivity index (χ1) is 14.5. The second-order valence-electron chi connectivity index (χ2n) is 8.46. The highest BCUT2D eigenvalue weighted by molar-refractivity contribution is 7.91. The number of hydrogen-bond donors (Lipinski definition) is 1. The third-order valence-corrected chi connectivity index (χ3v) is 6.26. The normalized spacial score (nSPS) is 15.6. The van der Waals surface area contributed by atoms with Crippen LogP contribution in [0.3, 0.4) is 0 Å². The standard InChI is InChI=1S/C21H27N3O6S/c1-21(2,3)31(28)22-19(26)15-11-13(20(27)23(4)5)10-14-16(25)12-17(30-18(14)15)24-6-8-29-9-7-24/h10-12H,6-9H2,1-5H3,(H,22,26). The van der Waals surface area contributed by atoms with Crippen LogP contribution in [0.1, 0.15) is 41.5 Å². The van der Waals surface area contributed by atoms with E-state index in [2.05, 4.69) is 4.72 Å². The molecule has 0 spiro atoms. The molecule has 1 N–H and O–H groups in total. The highest BCUT2D eigenvalue weighted by Gasteiger charge is 2.31. The van der Waals surface area contributed by atoms with Gasteiger partial charge in [0.2, 0.25) is 0 Å². The van der Waals surface area contributed by atoms with Crippen LogP contribution >= 0.6 is 0 Å². The number of benzene rings is 1. The average Bonchev–Trinajstić information content (AvgIpc) is 2.72. The number of nitrogens with one attached hydrogen (secondary N) is 1. The fourth-order valence-corrected chi connectivity index (χ4v) is 3.61. The second kappa shape index (κ2) is 8.89. The molecular weight excluding hydrogens is 422 g/mol. The zero-order chi connectivity index (χ0) is 22.9. The lowest BCUT2D eigenvalue weighted by atomic mass is 10.0. The minimum atomic E-state index is -1.69. The molecule has 1 saturated heterocycles. The van der Waals surface area contributed by atoms with Crippen molar-refractivity contribution in [2.24, 2.45) is 0 Å². The fourth-order valence-electron chi connectivity index (χ4n) is 3.03. The van der Waals surface area contributed by atoms with Crippen molar-refractivity contribution >= 4 is 40.0 Å². The molecule has 1 atom stereocenters. The van der Waals surface area contributed by atoms with Crippen LogP contribution in [-0.2, 0) is 16.1 Å². The third-order valence-electron chi connectivity index (χ3n) is 4.78. The second-order valence-corrected chi connectivity index (χ2v) is 10.4. The molecule has 2 aromatic rings. The van der Waals surface area contributed by atoms with Crippen molar-refractivity contribution in [2.45, 2.75) is 25.5 Å². The maximum Gasteiger partial charge on any atom is 0.295 e. The molecule has 9 nitrogen and oxygen atoms in total. The summed E-state index contributed by atoms with van der Waals surface area (Å²) in [6, 6.07) is 4.14. The summed E-state index contributed by atoms with van der Waals surface area (Å²) in [6.45, 7) is 7.26. The van der Waals surface area contributed by atoms with Crippen LogP contribution in [0.25, 0.3) is 11.0 Å². The van der Waals surface area contributed by atoms with E-state index in [1.807, 2.05) is 4.90 Å². The van der Waals surface area contributed by atoms with Gasteiger partial charge in [0, 0.05) is 38.8 Å². The minimum Gasteiger partial charge on any atom is -0.593 e. The van der Waals surface area contributed by atoms with Gasteiger partial charge in [-0.05, 0) is 32.9 Å². The van der Waals surface area contributed by atoms with Crippen molar-refractivity contribution in [2.75, 3.05) is 45.3 Å². The van der Waals surface area contributed by atoms with E-state index in [4.69, 9.17) is 9.15 Å². The van der Waals surface area contributed by atoms with Gasteiger partial charge < -0.3 is 23.5 Å². The molecule has 1 aromatic heterocycles. The summed E-state index contributed by atoms with van der Waals surface area (Å²) in [5.74, 6) is -0.739. The van der Waals surface area contributed by atoms with E-state index in [9.17, 15) is 18.9 Å². The number of anilines is 1. The molecule has 0 bridgehead atoms. The molecule has 0 radical (unpaired) electrons. The summed E-state index contributed by atoms with van der Waals surface area (Å²) in [7, 11) is 3.15. The summed E-state index contributed by atoms with van der Waals surface area (Å²) in [5.41, 5.74) is -0.182. The van der Waals surface area contributed by atoms with E-state index in [1.54, 1.807) is 34.9 Å². The van der Waals surface area contributed by atoms with Gasteiger partial charge in [-0.25, -0.2) is 0 Å². The van der Waals surface area contributed by atoms with Crippen LogP contribution in [0.2, 0.25) is 0 Å². The Labute approximate surface area is 183 Å². The van der Waals surface area contributed by atoms with Crippen LogP contribution in [0.4, 0.5) is 5.88 Å². The van der Waals surface area contributed by atoms with Gasteiger partial charge in [-0.3, -0.25) is 14.4 Å². The molecule has 3 rings (SSSR count). The van der Waals surface area contributed by atoms with Crippen LogP contribution in [0.5, 0.6) is 0 Å². The van der Waals surface area contributed by atoms with Crippen LogP contribution in [-0.4, -0.2) is 66.4 Å². The first-order valence-corrected chi connectivity index (χ1v) is 11.0. The number of rotatable bonds is 4. The fraction of sp³-hybridized carbons (Fsp3) is 0.476. The SMILES string of the molecule is CN(C)C(=O)c1cc(C(=O)N[S+]([O-])C(C)(C)C)c2oc(N3CCOCC3)cc(=O)c2c1. The molecular formula is C21H27N3O6S. The summed E-state index contributed by atoms with van der Waals surface area (Å²) in [6.07, 6.45) is 0. The lowest BCUT2D eigenvalue weighted by Gasteiger charge is -2.27. The van der Waals surface area contributed by atoms with Crippen LogP contribution < -0.4 is 15.1 Å². The molecule has 1 unspecified atom stereocenters.